The van der Waals surface area contributed by atoms with Gasteiger partial charge >= 0.3 is 0 Å². The predicted molar refractivity (Wildman–Crippen MR) is 155 cm³/mol. The van der Waals surface area contributed by atoms with E-state index < -0.39 is 33.1 Å². The van der Waals surface area contributed by atoms with Gasteiger partial charge in [0.15, 0.2) is 9.84 Å². The molecular formula is C28H42N4O7S2. The summed E-state index contributed by atoms with van der Waals surface area (Å²) in [5.74, 6) is -1.39. The van der Waals surface area contributed by atoms with Crippen molar-refractivity contribution in [2.24, 2.45) is 17.3 Å². The van der Waals surface area contributed by atoms with Crippen LogP contribution in [-0.4, -0.2) is 97.6 Å². The Morgan fingerprint density at radius 2 is 1.85 bits per heavy atom. The molecule has 1 saturated heterocycles. The number of allylic oxidation sites excluding steroid dienone is 2. The molecule has 4 amide bonds. The number of nitrogens with zero attached hydrogens (tertiary/aromatic N) is 3. The van der Waals surface area contributed by atoms with E-state index in [1.54, 1.807) is 16.8 Å². The molecule has 0 radical (unpaired) electrons. The molecule has 3 rings (SSSR count). The van der Waals surface area contributed by atoms with Gasteiger partial charge in [0.2, 0.25) is 18.2 Å². The summed E-state index contributed by atoms with van der Waals surface area (Å²) in [5, 5.41) is 13.2. The van der Waals surface area contributed by atoms with Crippen molar-refractivity contribution in [1.82, 2.24) is 20.2 Å². The van der Waals surface area contributed by atoms with Gasteiger partial charge in [-0.05, 0) is 55.6 Å². The number of hydrogen-bond donors (Lipinski definition) is 2. The van der Waals surface area contributed by atoms with E-state index in [2.05, 4.69) is 11.4 Å². The zero-order valence-corrected chi connectivity index (χ0v) is 26.0. The Labute approximate surface area is 246 Å². The van der Waals surface area contributed by atoms with E-state index >= 15 is 0 Å². The van der Waals surface area contributed by atoms with Crippen LogP contribution in [0.2, 0.25) is 0 Å². The molecule has 0 aromatic carbocycles. The first-order valence-electron chi connectivity index (χ1n) is 13.9. The van der Waals surface area contributed by atoms with Crippen molar-refractivity contribution in [2.45, 2.75) is 69.2 Å². The van der Waals surface area contributed by atoms with Crippen LogP contribution in [0.15, 0.2) is 28.5 Å². The number of nitrogens with one attached hydrogen (secondary N) is 1. The maximum Gasteiger partial charge on any atom is 0.263 e. The van der Waals surface area contributed by atoms with Crippen molar-refractivity contribution in [3.63, 3.8) is 0 Å². The molecular weight excluding hydrogens is 568 g/mol. The van der Waals surface area contributed by atoms with Gasteiger partial charge < -0.3 is 15.1 Å². The van der Waals surface area contributed by atoms with Crippen LogP contribution in [0.1, 0.15) is 62.5 Å². The third-order valence-electron chi connectivity index (χ3n) is 7.80. The number of piperidine rings is 1. The summed E-state index contributed by atoms with van der Waals surface area (Å²) in [6.45, 7) is 6.27. The molecule has 11 nitrogen and oxygen atoms in total. The highest BCUT2D eigenvalue weighted by Gasteiger charge is 2.39. The van der Waals surface area contributed by atoms with Crippen molar-refractivity contribution in [3.8, 4) is 0 Å². The van der Waals surface area contributed by atoms with Crippen molar-refractivity contribution in [3.05, 3.63) is 29.2 Å². The maximum atomic E-state index is 13.8. The molecule has 3 atom stereocenters. The first-order chi connectivity index (χ1) is 19.1. The Hall–Kier alpha value is -2.77. The Balaban J connectivity index is 1.65. The van der Waals surface area contributed by atoms with Crippen LogP contribution in [0, 0.1) is 17.3 Å². The summed E-state index contributed by atoms with van der Waals surface area (Å²) in [4.78, 5) is 54.9. The van der Waals surface area contributed by atoms with Crippen molar-refractivity contribution >= 4 is 45.3 Å². The summed E-state index contributed by atoms with van der Waals surface area (Å²) in [7, 11) is -1.68. The van der Waals surface area contributed by atoms with Crippen LogP contribution in [0.3, 0.4) is 0 Å². The number of likely N-dealkylation sites (N-methyl/N-ethyl adjacent to an activating group) is 1. The van der Waals surface area contributed by atoms with Gasteiger partial charge in [0.05, 0.1) is 17.3 Å². The fourth-order valence-corrected chi connectivity index (χ4v) is 7.22. The van der Waals surface area contributed by atoms with Crippen molar-refractivity contribution in [2.75, 3.05) is 32.9 Å². The molecule has 41 heavy (non-hydrogen) atoms. The van der Waals surface area contributed by atoms with Gasteiger partial charge in [0.1, 0.15) is 10.3 Å². The minimum absolute atomic E-state index is 0.148. The monoisotopic (exact) mass is 610 g/mol. The fraction of sp³-hybridized carbons (Fsp3) is 0.643. The lowest BCUT2D eigenvalue weighted by Crippen LogP contribution is -2.58. The average molecular weight is 611 g/mol. The van der Waals surface area contributed by atoms with E-state index in [0.29, 0.717) is 42.3 Å². The third-order valence-corrected chi connectivity index (χ3v) is 10.7. The highest BCUT2D eigenvalue weighted by molar-refractivity contribution is 7.92. The molecule has 228 valence electrons. The molecule has 0 bridgehead atoms. The minimum atomic E-state index is -3.38. The molecule has 2 aliphatic rings. The number of carbonyl (C=O) groups is 4. The lowest BCUT2D eigenvalue weighted by atomic mass is 9.84. The lowest BCUT2D eigenvalue weighted by Gasteiger charge is -2.40. The first-order valence-corrected chi connectivity index (χ1v) is 16.6. The molecule has 1 aromatic rings. The minimum Gasteiger partial charge on any atom is -0.344 e. The topological polar surface area (TPSA) is 144 Å². The maximum absolute atomic E-state index is 13.8. The SMILES string of the molecule is CN(C(=O)[C@@H](NC(=O)C(CC1C=CCC1)CN(O)C=O)C(C)(C)C)C1CCN(C(=O)c2ccc(S(C)(=O)=O)s2)CC1. The van der Waals surface area contributed by atoms with Gasteiger partial charge in [-0.3, -0.25) is 24.4 Å². The number of hydrogen-bond acceptors (Lipinski definition) is 8. The molecule has 1 aliphatic heterocycles. The van der Waals surface area contributed by atoms with E-state index in [0.717, 1.165) is 30.4 Å². The predicted octanol–water partition coefficient (Wildman–Crippen LogP) is 2.57. The van der Waals surface area contributed by atoms with Gasteiger partial charge in [-0.2, -0.15) is 0 Å². The Morgan fingerprint density at radius 1 is 1.20 bits per heavy atom. The van der Waals surface area contributed by atoms with Gasteiger partial charge in [0.25, 0.3) is 5.91 Å². The summed E-state index contributed by atoms with van der Waals surface area (Å²) in [6, 6.07) is 1.98. The second kappa shape index (κ2) is 13.5. The molecule has 2 heterocycles. The molecule has 13 heteroatoms. The van der Waals surface area contributed by atoms with E-state index in [1.165, 1.54) is 12.1 Å². The average Bonchev–Trinajstić information content (AvgIpc) is 3.62. The fourth-order valence-electron chi connectivity index (χ4n) is 5.33. The summed E-state index contributed by atoms with van der Waals surface area (Å²) in [6.07, 6.45) is 8.83. The quantitative estimate of drug-likeness (QED) is 0.170. The van der Waals surface area contributed by atoms with Gasteiger partial charge in [0, 0.05) is 32.4 Å². The lowest BCUT2D eigenvalue weighted by molar-refractivity contribution is -0.156. The van der Waals surface area contributed by atoms with Crippen LogP contribution in [0.5, 0.6) is 0 Å². The summed E-state index contributed by atoms with van der Waals surface area (Å²) in [5.41, 5.74) is -0.616. The zero-order chi connectivity index (χ0) is 30.5. The molecule has 0 saturated carbocycles. The molecule has 0 spiro atoms. The molecule has 1 aliphatic carbocycles. The van der Waals surface area contributed by atoms with Crippen LogP contribution in [-0.2, 0) is 24.2 Å². The number of sulfone groups is 1. The van der Waals surface area contributed by atoms with Crippen LogP contribution >= 0.6 is 11.3 Å². The van der Waals surface area contributed by atoms with E-state index in [-0.39, 0.29) is 40.9 Å². The molecule has 2 N–H and O–H groups in total. The molecule has 1 fully saturated rings. The number of likely N-dealkylation sites (tertiary alicyclic amines) is 1. The van der Waals surface area contributed by atoms with Gasteiger partial charge in [-0.25, -0.2) is 13.5 Å². The number of rotatable bonds is 11. The number of carbonyl (C=O) groups excluding carboxylic acids is 4. The normalized spacial score (nSPS) is 19.5. The van der Waals surface area contributed by atoms with Gasteiger partial charge in [-0.1, -0.05) is 32.9 Å². The van der Waals surface area contributed by atoms with E-state index in [9.17, 15) is 32.8 Å². The third kappa shape index (κ3) is 8.62. The summed E-state index contributed by atoms with van der Waals surface area (Å²) < 4.78 is 23.7. The second-order valence-corrected chi connectivity index (χ2v) is 15.4. The zero-order valence-electron chi connectivity index (χ0n) is 24.4. The Morgan fingerprint density at radius 3 is 2.37 bits per heavy atom. The smallest absolute Gasteiger partial charge is 0.263 e. The van der Waals surface area contributed by atoms with Gasteiger partial charge in [-0.15, -0.1) is 11.3 Å². The standard InChI is InChI=1S/C28H42N4O7S2/c1-28(2,3)24(29-25(34)20(17-32(37)18-33)16-19-8-6-7-9-19)27(36)30(4)21-12-14-31(15-13-21)26(35)22-10-11-23(40-22)41(5,38)39/h6,8,10-11,18-21,24,37H,7,9,12-17H2,1-5H3,(H,29,34)/t19?,20?,24-/m1/s1. The number of hydroxylamine groups is 2. The Kier molecular flexibility index (Phi) is 10.8. The summed E-state index contributed by atoms with van der Waals surface area (Å²) >= 11 is 0.957. The van der Waals surface area contributed by atoms with Crippen LogP contribution < -0.4 is 5.32 Å². The van der Waals surface area contributed by atoms with E-state index in [4.69, 9.17) is 0 Å². The largest absolute Gasteiger partial charge is 0.344 e. The second-order valence-electron chi connectivity index (χ2n) is 12.1. The molecule has 2 unspecified atom stereocenters. The number of thiophene rings is 1. The van der Waals surface area contributed by atoms with Crippen molar-refractivity contribution < 1.29 is 32.8 Å². The Bertz CT molecular complexity index is 1250. The van der Waals surface area contributed by atoms with E-state index in [1.807, 2.05) is 26.8 Å². The van der Waals surface area contributed by atoms with Crippen molar-refractivity contribution in [1.29, 1.82) is 0 Å². The van der Waals surface area contributed by atoms with Crippen LogP contribution in [0.25, 0.3) is 0 Å². The van der Waals surface area contributed by atoms with Crippen LogP contribution in [0.4, 0.5) is 0 Å². The molecule has 1 aromatic heterocycles. The highest BCUT2D eigenvalue weighted by Crippen LogP contribution is 2.29. The highest BCUT2D eigenvalue weighted by atomic mass is 32.2. The number of amides is 4. The first kappa shape index (κ1) is 32.7.